The second kappa shape index (κ2) is 26.1. The third-order valence-electron chi connectivity index (χ3n) is 12.8. The first kappa shape index (κ1) is 59.7. The molecule has 0 spiro atoms. The molecule has 0 saturated carbocycles. The highest BCUT2D eigenvalue weighted by Crippen LogP contribution is 2.37. The van der Waals surface area contributed by atoms with Crippen molar-refractivity contribution < 1.29 is 144 Å². The van der Waals surface area contributed by atoms with Gasteiger partial charge in [0.05, 0.1) is 51.3 Å². The maximum atomic E-state index is 12.5. The zero-order valence-corrected chi connectivity index (χ0v) is 38.8. The van der Waals surface area contributed by atoms with E-state index in [9.17, 15) is 96.4 Å². The Morgan fingerprint density at radius 3 is 1.46 bits per heavy atom. The maximum Gasteiger partial charge on any atom is 0.217 e. The lowest BCUT2D eigenvalue weighted by atomic mass is 9.95. The number of hydrogen-bond donors (Lipinski definition) is 19. The van der Waals surface area contributed by atoms with Gasteiger partial charge in [0.2, 0.25) is 11.8 Å². The molecule has 0 bridgehead atoms. The summed E-state index contributed by atoms with van der Waals surface area (Å²) >= 11 is 0. The van der Waals surface area contributed by atoms with Crippen LogP contribution in [0.1, 0.15) is 27.7 Å². The fourth-order valence-corrected chi connectivity index (χ4v) is 8.66. The summed E-state index contributed by atoms with van der Waals surface area (Å²) in [6.45, 7) is -0.411. The van der Waals surface area contributed by atoms with Gasteiger partial charge in [-0.1, -0.05) is 0 Å². The molecule has 19 N–H and O–H groups in total. The quantitative estimate of drug-likeness (QED) is 0.0538. The van der Waals surface area contributed by atoms with Gasteiger partial charge in [0, 0.05) is 13.8 Å². The number of rotatable bonds is 20. The van der Waals surface area contributed by atoms with Crippen molar-refractivity contribution in [3.8, 4) is 0 Å². The second-order valence-electron chi connectivity index (χ2n) is 18.0. The highest BCUT2D eigenvalue weighted by molar-refractivity contribution is 5.73. The predicted octanol–water partition coefficient (Wildman–Crippen LogP) is -12.1. The minimum Gasteiger partial charge on any atom is -0.394 e. The van der Waals surface area contributed by atoms with Crippen molar-refractivity contribution in [3.05, 3.63) is 0 Å². The van der Waals surface area contributed by atoms with E-state index < -0.39 is 223 Å². The first-order valence-corrected chi connectivity index (χ1v) is 22.7. The first-order valence-electron chi connectivity index (χ1n) is 22.7. The van der Waals surface area contributed by atoms with Crippen molar-refractivity contribution in [1.29, 1.82) is 0 Å². The van der Waals surface area contributed by atoms with Crippen LogP contribution in [-0.2, 0) is 57.0 Å². The van der Waals surface area contributed by atoms with Crippen LogP contribution in [0.5, 0.6) is 0 Å². The average molecular weight is 1040 g/mol. The fourth-order valence-electron chi connectivity index (χ4n) is 8.66. The molecule has 5 heterocycles. The Bertz CT molecular complexity index is 1660. The van der Waals surface area contributed by atoms with E-state index in [1.807, 2.05) is 0 Å². The standard InChI is InChI=1S/C40H70N2O29/c1-10-20(50)27(57)30(60)37(63-10)70-34-29(59)24(54)17(7-45)66-39(34)69-33-25(55)18(8-46)67-40(35(33)71-38-31(61)28(58)21(51)11(2)64-38)68-32(14(5-43)41-12(3)47)22(52)15(49)9-62-36-19(42-13(4)48)26(56)23(53)16(6-44)65-36/h10-11,14-40,43-46,49-61H,5-9H2,1-4H3,(H,41,47)(H,42,48). The summed E-state index contributed by atoms with van der Waals surface area (Å²) in [5.41, 5.74) is 0. The van der Waals surface area contributed by atoms with Gasteiger partial charge in [-0.05, 0) is 13.8 Å². The van der Waals surface area contributed by atoms with E-state index in [-0.39, 0.29) is 0 Å². The topological polar surface area (TPSA) is 494 Å². The number of nitrogens with one attached hydrogen (secondary N) is 2. The van der Waals surface area contributed by atoms with Gasteiger partial charge in [0.25, 0.3) is 0 Å². The molecule has 5 aliphatic heterocycles. The van der Waals surface area contributed by atoms with Gasteiger partial charge >= 0.3 is 0 Å². The summed E-state index contributed by atoms with van der Waals surface area (Å²) in [5.74, 6) is -1.58. The normalized spacial score (nSPS) is 46.1. The molecule has 5 fully saturated rings. The highest BCUT2D eigenvalue weighted by atomic mass is 16.8. The molecule has 31 heteroatoms. The van der Waals surface area contributed by atoms with E-state index >= 15 is 0 Å². The molecule has 29 unspecified atom stereocenters. The van der Waals surface area contributed by atoms with E-state index in [1.54, 1.807) is 0 Å². The molecule has 0 aromatic rings. The molecule has 0 aliphatic carbocycles. The summed E-state index contributed by atoms with van der Waals surface area (Å²) < 4.78 is 58.1. The van der Waals surface area contributed by atoms with Gasteiger partial charge in [-0.15, -0.1) is 0 Å². The highest BCUT2D eigenvalue weighted by Gasteiger charge is 2.57. The number of amides is 2. The lowest BCUT2D eigenvalue weighted by molar-refractivity contribution is -0.407. The zero-order valence-electron chi connectivity index (χ0n) is 38.8. The Kier molecular flexibility index (Phi) is 21.9. The van der Waals surface area contributed by atoms with E-state index in [1.165, 1.54) is 13.8 Å². The molecule has 5 aliphatic rings. The molecule has 414 valence electrons. The van der Waals surface area contributed by atoms with Gasteiger partial charge in [0.1, 0.15) is 128 Å². The van der Waals surface area contributed by atoms with Crippen LogP contribution < -0.4 is 10.6 Å². The van der Waals surface area contributed by atoms with E-state index in [4.69, 9.17) is 47.4 Å². The molecule has 5 saturated heterocycles. The van der Waals surface area contributed by atoms with Crippen LogP contribution in [0.15, 0.2) is 0 Å². The molecule has 0 radical (unpaired) electrons. The molecule has 0 aromatic carbocycles. The number of ether oxygens (including phenoxy) is 10. The van der Waals surface area contributed by atoms with Crippen LogP contribution in [0, 0.1) is 0 Å². The predicted molar refractivity (Wildman–Crippen MR) is 222 cm³/mol. The number of carbonyl (C=O) groups is 2. The Morgan fingerprint density at radius 2 is 0.972 bits per heavy atom. The van der Waals surface area contributed by atoms with Crippen LogP contribution in [0.25, 0.3) is 0 Å². The number of aliphatic hydroxyl groups excluding tert-OH is 17. The lowest BCUT2D eigenvalue weighted by Gasteiger charge is -2.50. The Balaban J connectivity index is 1.54. The maximum absolute atomic E-state index is 12.5. The Hall–Kier alpha value is -2.14. The zero-order chi connectivity index (χ0) is 52.9. The van der Waals surface area contributed by atoms with Crippen molar-refractivity contribution >= 4 is 11.8 Å². The summed E-state index contributed by atoms with van der Waals surface area (Å²) in [6.07, 6.45) is -51.5. The number of aliphatic hydroxyl groups is 17. The first-order chi connectivity index (χ1) is 33.4. The van der Waals surface area contributed by atoms with E-state index in [2.05, 4.69) is 10.6 Å². The van der Waals surface area contributed by atoms with E-state index in [0.29, 0.717) is 0 Å². The second-order valence-corrected chi connectivity index (χ2v) is 18.0. The van der Waals surface area contributed by atoms with Gasteiger partial charge in [-0.3, -0.25) is 9.59 Å². The third kappa shape index (κ3) is 13.6. The van der Waals surface area contributed by atoms with Gasteiger partial charge < -0.3 is 145 Å². The smallest absolute Gasteiger partial charge is 0.217 e. The lowest BCUT2D eigenvalue weighted by Crippen LogP contribution is -2.69. The monoisotopic (exact) mass is 1040 g/mol. The molecule has 5 rings (SSSR count). The molecular weight excluding hydrogens is 972 g/mol. The van der Waals surface area contributed by atoms with Crippen LogP contribution in [0.3, 0.4) is 0 Å². The van der Waals surface area contributed by atoms with Crippen molar-refractivity contribution in [2.24, 2.45) is 0 Å². The minimum absolute atomic E-state index is 0.729. The largest absolute Gasteiger partial charge is 0.394 e. The molecule has 0 aromatic heterocycles. The van der Waals surface area contributed by atoms with Crippen LogP contribution in [0.2, 0.25) is 0 Å². The molecule has 71 heavy (non-hydrogen) atoms. The van der Waals surface area contributed by atoms with Crippen LogP contribution in [-0.4, -0.2) is 309 Å². The van der Waals surface area contributed by atoms with Gasteiger partial charge in [0.15, 0.2) is 31.5 Å². The molecule has 2 amide bonds. The number of carbonyl (C=O) groups excluding carboxylic acids is 2. The molecule has 31 nitrogen and oxygen atoms in total. The minimum atomic E-state index is -2.33. The van der Waals surface area contributed by atoms with Crippen molar-refractivity contribution in [2.75, 3.05) is 33.0 Å². The van der Waals surface area contributed by atoms with Gasteiger partial charge in [-0.2, -0.15) is 0 Å². The van der Waals surface area contributed by atoms with Crippen LogP contribution in [0.4, 0.5) is 0 Å². The molecule has 29 atom stereocenters. The average Bonchev–Trinajstić information content (AvgIpc) is 3.33. The van der Waals surface area contributed by atoms with Crippen LogP contribution >= 0.6 is 0 Å². The van der Waals surface area contributed by atoms with Crippen molar-refractivity contribution in [3.63, 3.8) is 0 Å². The number of hydrogen-bond acceptors (Lipinski definition) is 29. The molecular formula is C40H70N2O29. The fraction of sp³-hybridized carbons (Fsp3) is 0.950. The summed E-state index contributed by atoms with van der Waals surface area (Å²) in [7, 11) is 0. The van der Waals surface area contributed by atoms with Crippen molar-refractivity contribution in [1.82, 2.24) is 10.6 Å². The Morgan fingerprint density at radius 1 is 0.507 bits per heavy atom. The van der Waals surface area contributed by atoms with Crippen molar-refractivity contribution in [2.45, 2.75) is 206 Å². The Labute approximate surface area is 404 Å². The SMILES string of the molecule is CC(=O)NC(CO)C(OC1OC(CO)C(O)C(OC2OC(CO)C(O)C(O)C2OC2OC(C)C(O)C(O)C2O)C1OC1OC(C)C(O)C(O)C1O)C(O)C(O)COC1OC(CO)C(O)C(O)C1NC(C)=O. The summed E-state index contributed by atoms with van der Waals surface area (Å²) in [5, 5.41) is 188. The summed E-state index contributed by atoms with van der Waals surface area (Å²) in [6, 6.07) is -3.25. The van der Waals surface area contributed by atoms with E-state index in [0.717, 1.165) is 13.8 Å². The summed E-state index contributed by atoms with van der Waals surface area (Å²) in [4.78, 5) is 24.4. The van der Waals surface area contributed by atoms with Gasteiger partial charge in [-0.25, -0.2) is 0 Å². The third-order valence-corrected chi connectivity index (χ3v) is 12.8.